The van der Waals surface area contributed by atoms with E-state index >= 15 is 0 Å². The van der Waals surface area contributed by atoms with E-state index in [0.29, 0.717) is 0 Å². The first-order valence-corrected chi connectivity index (χ1v) is 8.64. The van der Waals surface area contributed by atoms with Crippen LogP contribution in [0.5, 0.6) is 0 Å². The third-order valence-corrected chi connectivity index (χ3v) is 4.93. The summed E-state index contributed by atoms with van der Waals surface area (Å²) in [6, 6.07) is 16.6. The van der Waals surface area contributed by atoms with E-state index in [2.05, 4.69) is 57.4 Å². The van der Waals surface area contributed by atoms with Crippen molar-refractivity contribution >= 4 is 11.6 Å². The van der Waals surface area contributed by atoms with E-state index in [1.807, 2.05) is 35.0 Å². The molecule has 6 heteroatoms. The minimum Gasteiger partial charge on any atom is -0.368 e. The Balaban J connectivity index is 1.52. The second-order valence-corrected chi connectivity index (χ2v) is 6.42. The fraction of sp³-hybridized carbons (Fsp3) is 0.316. The molecule has 0 aliphatic carbocycles. The normalized spacial score (nSPS) is 14.8. The van der Waals surface area contributed by atoms with Crippen molar-refractivity contribution in [1.29, 1.82) is 0 Å². The number of tetrazole rings is 1. The minimum atomic E-state index is 0.812. The number of rotatable bonds is 3. The standard InChI is InChI=1S/C19H22N6/c1-15-7-6-10-18(16(15)2)23-11-13-24(14-12-23)19-20-21-22-25(19)17-8-4-3-5-9-17/h3-10H,11-14H2,1-2H3. The van der Waals surface area contributed by atoms with Crippen molar-refractivity contribution in [3.63, 3.8) is 0 Å². The zero-order valence-electron chi connectivity index (χ0n) is 14.6. The Hall–Kier alpha value is -2.89. The molecule has 3 aromatic rings. The molecule has 1 fully saturated rings. The smallest absolute Gasteiger partial charge is 0.250 e. The summed E-state index contributed by atoms with van der Waals surface area (Å²) in [7, 11) is 0. The van der Waals surface area contributed by atoms with E-state index < -0.39 is 0 Å². The molecule has 0 radical (unpaired) electrons. The lowest BCUT2D eigenvalue weighted by Gasteiger charge is -2.37. The van der Waals surface area contributed by atoms with E-state index in [1.54, 1.807) is 0 Å². The van der Waals surface area contributed by atoms with Crippen LogP contribution in [0.1, 0.15) is 11.1 Å². The molecule has 25 heavy (non-hydrogen) atoms. The molecule has 4 rings (SSSR count). The van der Waals surface area contributed by atoms with E-state index in [0.717, 1.165) is 37.8 Å². The van der Waals surface area contributed by atoms with Crippen molar-refractivity contribution in [2.24, 2.45) is 0 Å². The lowest BCUT2D eigenvalue weighted by Crippen LogP contribution is -2.47. The molecule has 1 aliphatic heterocycles. The summed E-state index contributed by atoms with van der Waals surface area (Å²) in [4.78, 5) is 4.71. The highest BCUT2D eigenvalue weighted by atomic mass is 15.6. The van der Waals surface area contributed by atoms with E-state index in [1.165, 1.54) is 16.8 Å². The first kappa shape index (κ1) is 15.6. The third-order valence-electron chi connectivity index (χ3n) is 4.93. The summed E-state index contributed by atoms with van der Waals surface area (Å²) in [5.41, 5.74) is 5.03. The van der Waals surface area contributed by atoms with Crippen molar-refractivity contribution < 1.29 is 0 Å². The average molecular weight is 334 g/mol. The van der Waals surface area contributed by atoms with Gasteiger partial charge in [-0.25, -0.2) is 0 Å². The zero-order chi connectivity index (χ0) is 17.2. The predicted octanol–water partition coefficient (Wildman–Crippen LogP) is 2.61. The quantitative estimate of drug-likeness (QED) is 0.737. The summed E-state index contributed by atoms with van der Waals surface area (Å²) in [6.45, 7) is 8.11. The van der Waals surface area contributed by atoms with E-state index in [-0.39, 0.29) is 0 Å². The molecule has 2 aromatic carbocycles. The van der Waals surface area contributed by atoms with Gasteiger partial charge in [0.15, 0.2) is 0 Å². The molecule has 1 saturated heterocycles. The Labute approximate surface area is 147 Å². The third kappa shape index (κ3) is 2.95. The molecule has 0 amide bonds. The van der Waals surface area contributed by atoms with Crippen molar-refractivity contribution in [2.45, 2.75) is 13.8 Å². The van der Waals surface area contributed by atoms with Gasteiger partial charge in [-0.15, -0.1) is 0 Å². The van der Waals surface area contributed by atoms with Gasteiger partial charge >= 0.3 is 0 Å². The number of piperazine rings is 1. The molecule has 6 nitrogen and oxygen atoms in total. The Morgan fingerprint density at radius 2 is 1.52 bits per heavy atom. The molecular weight excluding hydrogens is 312 g/mol. The minimum absolute atomic E-state index is 0.812. The molecule has 128 valence electrons. The summed E-state index contributed by atoms with van der Waals surface area (Å²) in [5, 5.41) is 12.3. The fourth-order valence-electron chi connectivity index (χ4n) is 3.34. The van der Waals surface area contributed by atoms with E-state index in [9.17, 15) is 0 Å². The van der Waals surface area contributed by atoms with Crippen molar-refractivity contribution in [3.05, 3.63) is 59.7 Å². The van der Waals surface area contributed by atoms with Crippen LogP contribution < -0.4 is 9.80 Å². The van der Waals surface area contributed by atoms with Gasteiger partial charge in [-0.2, -0.15) is 4.68 Å². The molecule has 0 atom stereocenters. The highest BCUT2D eigenvalue weighted by molar-refractivity contribution is 5.57. The number of aromatic nitrogens is 4. The SMILES string of the molecule is Cc1cccc(N2CCN(c3nnnn3-c3ccccc3)CC2)c1C. The van der Waals surface area contributed by atoms with Crippen LogP contribution in [0.25, 0.3) is 5.69 Å². The Kier molecular flexibility index (Phi) is 4.09. The van der Waals surface area contributed by atoms with Crippen LogP contribution in [0.2, 0.25) is 0 Å². The summed E-state index contributed by atoms with van der Waals surface area (Å²) in [6.07, 6.45) is 0. The van der Waals surface area contributed by atoms with Gasteiger partial charge in [0.25, 0.3) is 0 Å². The molecule has 0 bridgehead atoms. The van der Waals surface area contributed by atoms with Crippen LogP contribution in [0.4, 0.5) is 11.6 Å². The maximum absolute atomic E-state index is 4.25. The number of anilines is 2. The lowest BCUT2D eigenvalue weighted by atomic mass is 10.1. The monoisotopic (exact) mass is 334 g/mol. The van der Waals surface area contributed by atoms with Crippen LogP contribution in [0.3, 0.4) is 0 Å². The fourth-order valence-corrected chi connectivity index (χ4v) is 3.34. The molecule has 1 aromatic heterocycles. The molecule has 1 aliphatic rings. The topological polar surface area (TPSA) is 50.1 Å². The molecule has 0 saturated carbocycles. The van der Waals surface area contributed by atoms with Gasteiger partial charge in [0.2, 0.25) is 5.95 Å². The van der Waals surface area contributed by atoms with Crippen molar-refractivity contribution in [1.82, 2.24) is 20.2 Å². The maximum Gasteiger partial charge on any atom is 0.250 e. The van der Waals surface area contributed by atoms with Gasteiger partial charge < -0.3 is 9.80 Å². The van der Waals surface area contributed by atoms with Crippen LogP contribution in [-0.4, -0.2) is 46.4 Å². The maximum atomic E-state index is 4.25. The van der Waals surface area contributed by atoms with Crippen LogP contribution in [0.15, 0.2) is 48.5 Å². The summed E-state index contributed by atoms with van der Waals surface area (Å²) < 4.78 is 1.81. The van der Waals surface area contributed by atoms with Gasteiger partial charge in [-0.3, -0.25) is 0 Å². The first-order chi connectivity index (χ1) is 12.2. The molecule has 0 N–H and O–H groups in total. The summed E-state index contributed by atoms with van der Waals surface area (Å²) >= 11 is 0. The lowest BCUT2D eigenvalue weighted by molar-refractivity contribution is 0.630. The Morgan fingerprint density at radius 1 is 0.800 bits per heavy atom. The Morgan fingerprint density at radius 3 is 2.28 bits per heavy atom. The van der Waals surface area contributed by atoms with Gasteiger partial charge in [-0.1, -0.05) is 35.4 Å². The molecular formula is C19H22N6. The first-order valence-electron chi connectivity index (χ1n) is 8.64. The summed E-state index contributed by atoms with van der Waals surface area (Å²) in [5.74, 6) is 0.812. The van der Waals surface area contributed by atoms with Gasteiger partial charge in [0, 0.05) is 31.9 Å². The number of hydrogen-bond donors (Lipinski definition) is 0. The number of benzene rings is 2. The zero-order valence-corrected chi connectivity index (χ0v) is 14.6. The van der Waals surface area contributed by atoms with E-state index in [4.69, 9.17) is 0 Å². The molecule has 2 heterocycles. The van der Waals surface area contributed by atoms with Crippen LogP contribution in [0, 0.1) is 13.8 Å². The highest BCUT2D eigenvalue weighted by Gasteiger charge is 2.23. The van der Waals surface area contributed by atoms with Crippen molar-refractivity contribution in [3.8, 4) is 5.69 Å². The Bertz CT molecular complexity index is 849. The van der Waals surface area contributed by atoms with Crippen LogP contribution in [-0.2, 0) is 0 Å². The molecule has 0 unspecified atom stereocenters. The van der Waals surface area contributed by atoms with Gasteiger partial charge in [0.1, 0.15) is 0 Å². The largest absolute Gasteiger partial charge is 0.368 e. The number of nitrogens with zero attached hydrogens (tertiary/aromatic N) is 6. The molecule has 0 spiro atoms. The predicted molar refractivity (Wildman–Crippen MR) is 99.5 cm³/mol. The second-order valence-electron chi connectivity index (χ2n) is 6.42. The number of para-hydroxylation sites is 1. The van der Waals surface area contributed by atoms with Crippen molar-refractivity contribution in [2.75, 3.05) is 36.0 Å². The van der Waals surface area contributed by atoms with Gasteiger partial charge in [0.05, 0.1) is 5.69 Å². The average Bonchev–Trinajstić information content (AvgIpc) is 3.15. The number of aryl methyl sites for hydroxylation is 1. The highest BCUT2D eigenvalue weighted by Crippen LogP contribution is 2.25. The number of hydrogen-bond acceptors (Lipinski definition) is 5. The van der Waals surface area contributed by atoms with Crippen LogP contribution >= 0.6 is 0 Å². The van der Waals surface area contributed by atoms with Gasteiger partial charge in [-0.05, 0) is 53.6 Å². The second kappa shape index (κ2) is 6.55.